The Hall–Kier alpha value is -1.32. The molecular weight excluding hydrogens is 336 g/mol. The van der Waals surface area contributed by atoms with Gasteiger partial charge in [0, 0.05) is 18.7 Å². The van der Waals surface area contributed by atoms with Crippen molar-refractivity contribution in [2.24, 2.45) is 0 Å². The fourth-order valence-electron chi connectivity index (χ4n) is 2.60. The lowest BCUT2D eigenvalue weighted by Gasteiger charge is -2.10. The Morgan fingerprint density at radius 1 is 1.08 bits per heavy atom. The van der Waals surface area contributed by atoms with Crippen LogP contribution in [0.25, 0.3) is 5.57 Å². The molecule has 1 aromatic carbocycles. The normalized spacial score (nSPS) is 10.7. The molecule has 0 aliphatic carbocycles. The molecule has 25 heavy (non-hydrogen) atoms. The van der Waals surface area contributed by atoms with Crippen molar-refractivity contribution < 1.29 is 14.3 Å². The van der Waals surface area contributed by atoms with Crippen LogP contribution in [0.2, 0.25) is 5.02 Å². The van der Waals surface area contributed by atoms with Gasteiger partial charge < -0.3 is 9.47 Å². The number of carbonyl (C=O) groups excluding carboxylic acids is 1. The maximum Gasteiger partial charge on any atom is 0.338 e. The molecule has 0 amide bonds. The van der Waals surface area contributed by atoms with Crippen molar-refractivity contribution in [3.8, 4) is 0 Å². The maximum atomic E-state index is 12.0. The van der Waals surface area contributed by atoms with Crippen LogP contribution < -0.4 is 0 Å². The first-order valence-corrected chi connectivity index (χ1v) is 9.61. The van der Waals surface area contributed by atoms with Gasteiger partial charge in [-0.15, -0.1) is 0 Å². The van der Waals surface area contributed by atoms with Crippen LogP contribution in [0, 0.1) is 0 Å². The molecule has 1 rings (SSSR count). The van der Waals surface area contributed by atoms with Crippen LogP contribution in [-0.4, -0.2) is 26.3 Å². The van der Waals surface area contributed by atoms with Crippen molar-refractivity contribution in [3.63, 3.8) is 0 Å². The quantitative estimate of drug-likeness (QED) is 0.303. The number of ether oxygens (including phenoxy) is 2. The molecule has 0 atom stereocenters. The Bertz CT molecular complexity index is 540. The number of allylic oxidation sites excluding steroid dienone is 1. The minimum absolute atomic E-state index is 0.337. The van der Waals surface area contributed by atoms with E-state index < -0.39 is 0 Å². The molecule has 0 fully saturated rings. The average molecular weight is 367 g/mol. The summed E-state index contributed by atoms with van der Waals surface area (Å²) in [5.74, 6) is -0.337. The smallest absolute Gasteiger partial charge is 0.338 e. The molecule has 0 N–H and O–H groups in total. The number of methoxy groups -OCH3 is 1. The Morgan fingerprint density at radius 3 is 2.48 bits per heavy atom. The molecule has 1 aromatic rings. The first-order chi connectivity index (χ1) is 12.1. The van der Waals surface area contributed by atoms with Crippen molar-refractivity contribution >= 4 is 23.1 Å². The van der Waals surface area contributed by atoms with E-state index in [-0.39, 0.29) is 5.97 Å². The standard InChI is InChI=1S/C21H31ClO3/c1-4-5-6-7-8-11-17(2)19-13-12-18(16-20(19)22)21(23)25-15-10-9-14-24-3/h12-13,16H,2,4-11,14-15H2,1,3H3. The first kappa shape index (κ1) is 21.7. The van der Waals surface area contributed by atoms with Gasteiger partial charge >= 0.3 is 5.97 Å². The van der Waals surface area contributed by atoms with E-state index in [1.54, 1.807) is 19.2 Å². The van der Waals surface area contributed by atoms with E-state index in [9.17, 15) is 4.79 Å². The largest absolute Gasteiger partial charge is 0.462 e. The molecule has 0 radical (unpaired) electrons. The van der Waals surface area contributed by atoms with Crippen LogP contribution in [0.1, 0.15) is 74.2 Å². The molecule has 140 valence electrons. The molecule has 0 unspecified atom stereocenters. The fraction of sp³-hybridized carbons (Fsp3) is 0.571. The predicted molar refractivity (Wildman–Crippen MR) is 105 cm³/mol. The second kappa shape index (κ2) is 13.0. The molecule has 3 nitrogen and oxygen atoms in total. The van der Waals surface area contributed by atoms with Gasteiger partial charge in [0.25, 0.3) is 0 Å². The van der Waals surface area contributed by atoms with Gasteiger partial charge in [-0.3, -0.25) is 0 Å². The van der Waals surface area contributed by atoms with Crippen LogP contribution in [0.15, 0.2) is 24.8 Å². The molecule has 0 bridgehead atoms. The maximum absolute atomic E-state index is 12.0. The lowest BCUT2D eigenvalue weighted by Crippen LogP contribution is -2.07. The second-order valence-corrected chi connectivity index (χ2v) is 6.71. The number of hydrogen-bond donors (Lipinski definition) is 0. The molecule has 0 heterocycles. The summed E-state index contributed by atoms with van der Waals surface area (Å²) in [6, 6.07) is 5.32. The van der Waals surface area contributed by atoms with Crippen molar-refractivity contribution in [1.29, 1.82) is 0 Å². The molecule has 4 heteroatoms. The van der Waals surface area contributed by atoms with Gasteiger partial charge in [0.05, 0.1) is 12.2 Å². The fourth-order valence-corrected chi connectivity index (χ4v) is 2.92. The number of carbonyl (C=O) groups is 1. The van der Waals surface area contributed by atoms with Gasteiger partial charge in [-0.2, -0.15) is 0 Å². The monoisotopic (exact) mass is 366 g/mol. The Morgan fingerprint density at radius 2 is 1.80 bits per heavy atom. The highest BCUT2D eigenvalue weighted by atomic mass is 35.5. The summed E-state index contributed by atoms with van der Waals surface area (Å²) in [4.78, 5) is 12.0. The third kappa shape index (κ3) is 8.55. The van der Waals surface area contributed by atoms with Crippen LogP contribution in [0.5, 0.6) is 0 Å². The van der Waals surface area contributed by atoms with E-state index in [1.807, 2.05) is 6.07 Å². The summed E-state index contributed by atoms with van der Waals surface area (Å²) in [6.07, 6.45) is 8.76. The van der Waals surface area contributed by atoms with E-state index in [1.165, 1.54) is 25.7 Å². The molecule has 0 aliphatic rings. The summed E-state index contributed by atoms with van der Waals surface area (Å²) < 4.78 is 10.2. The van der Waals surface area contributed by atoms with Gasteiger partial charge in [-0.1, -0.05) is 56.9 Å². The first-order valence-electron chi connectivity index (χ1n) is 9.24. The summed E-state index contributed by atoms with van der Waals surface area (Å²) in [5, 5.41) is 0.562. The number of benzene rings is 1. The third-order valence-electron chi connectivity index (χ3n) is 4.14. The number of unbranched alkanes of at least 4 members (excludes halogenated alkanes) is 5. The summed E-state index contributed by atoms with van der Waals surface area (Å²) in [7, 11) is 1.66. The highest BCUT2D eigenvalue weighted by Crippen LogP contribution is 2.28. The zero-order chi connectivity index (χ0) is 18.5. The highest BCUT2D eigenvalue weighted by molar-refractivity contribution is 6.32. The molecule has 0 saturated carbocycles. The Labute approximate surface area is 157 Å². The highest BCUT2D eigenvalue weighted by Gasteiger charge is 2.11. The van der Waals surface area contributed by atoms with E-state index >= 15 is 0 Å². The van der Waals surface area contributed by atoms with Crippen molar-refractivity contribution in [2.75, 3.05) is 20.3 Å². The molecule has 0 spiro atoms. The SMILES string of the molecule is C=C(CCCCCCC)c1ccc(C(=O)OCCCCOC)cc1Cl. The average Bonchev–Trinajstić information content (AvgIpc) is 2.60. The van der Waals surface area contributed by atoms with E-state index in [2.05, 4.69) is 13.5 Å². The molecule has 0 aliphatic heterocycles. The number of halogens is 1. The lowest BCUT2D eigenvalue weighted by molar-refractivity contribution is 0.0489. The number of rotatable bonds is 13. The third-order valence-corrected chi connectivity index (χ3v) is 4.46. The second-order valence-electron chi connectivity index (χ2n) is 6.30. The van der Waals surface area contributed by atoms with Crippen LogP contribution in [0.4, 0.5) is 0 Å². The van der Waals surface area contributed by atoms with Crippen molar-refractivity contribution in [3.05, 3.63) is 40.9 Å². The van der Waals surface area contributed by atoms with E-state index in [4.69, 9.17) is 21.1 Å². The summed E-state index contributed by atoms with van der Waals surface area (Å²) >= 11 is 6.35. The van der Waals surface area contributed by atoms with Gasteiger partial charge in [0.1, 0.15) is 0 Å². The minimum atomic E-state index is -0.337. The summed E-state index contributed by atoms with van der Waals surface area (Å²) in [5.41, 5.74) is 2.44. The topological polar surface area (TPSA) is 35.5 Å². The molecule has 0 saturated heterocycles. The van der Waals surface area contributed by atoms with Gasteiger partial charge in [0.15, 0.2) is 0 Å². The van der Waals surface area contributed by atoms with Crippen molar-refractivity contribution in [1.82, 2.24) is 0 Å². The number of hydrogen-bond acceptors (Lipinski definition) is 3. The lowest BCUT2D eigenvalue weighted by atomic mass is 9.99. The van der Waals surface area contributed by atoms with Gasteiger partial charge in [-0.25, -0.2) is 4.79 Å². The van der Waals surface area contributed by atoms with Gasteiger partial charge in [0.2, 0.25) is 0 Å². The van der Waals surface area contributed by atoms with E-state index in [0.717, 1.165) is 36.8 Å². The zero-order valence-electron chi connectivity index (χ0n) is 15.6. The zero-order valence-corrected chi connectivity index (χ0v) is 16.4. The Kier molecular flexibility index (Phi) is 11.3. The minimum Gasteiger partial charge on any atom is -0.462 e. The van der Waals surface area contributed by atoms with Crippen LogP contribution >= 0.6 is 11.6 Å². The Balaban J connectivity index is 2.47. The molecular formula is C21H31ClO3. The number of esters is 1. The van der Waals surface area contributed by atoms with E-state index in [0.29, 0.717) is 23.8 Å². The van der Waals surface area contributed by atoms with Gasteiger partial charge in [-0.05, 0) is 49.0 Å². The van der Waals surface area contributed by atoms with Crippen molar-refractivity contribution in [2.45, 2.75) is 58.3 Å². The summed E-state index contributed by atoms with van der Waals surface area (Å²) in [6.45, 7) is 7.43. The van der Waals surface area contributed by atoms with Crippen LogP contribution in [0.3, 0.4) is 0 Å². The predicted octanol–water partition coefficient (Wildman–Crippen LogP) is 6.30. The molecule has 0 aromatic heterocycles. The van der Waals surface area contributed by atoms with Crippen LogP contribution in [-0.2, 0) is 9.47 Å².